The average Bonchev–Trinajstić information content (AvgIpc) is 2.88. The van der Waals surface area contributed by atoms with Crippen LogP contribution in [-0.2, 0) is 29.1 Å². The molecular formula is C26H32FN3O6. The van der Waals surface area contributed by atoms with E-state index in [1.165, 1.54) is 23.6 Å². The van der Waals surface area contributed by atoms with Gasteiger partial charge in [-0.1, -0.05) is 12.1 Å². The van der Waals surface area contributed by atoms with E-state index in [0.29, 0.717) is 29.5 Å². The van der Waals surface area contributed by atoms with Crippen LogP contribution in [0, 0.1) is 5.82 Å². The highest BCUT2D eigenvalue weighted by Crippen LogP contribution is 2.35. The van der Waals surface area contributed by atoms with Gasteiger partial charge < -0.3 is 19.9 Å². The van der Waals surface area contributed by atoms with Gasteiger partial charge in [0.05, 0.1) is 24.2 Å². The SMILES string of the molecule is CC1Cn2c(=O)c(C=O)c(CO)c3ncc(Cc4ccc(F)cc4)c(c32)O1.CCOC.CNC(C)=O. The highest BCUT2D eigenvalue weighted by Gasteiger charge is 2.27. The maximum atomic E-state index is 13.2. The molecule has 0 fully saturated rings. The Bertz CT molecular complexity index is 1260. The van der Waals surface area contributed by atoms with Crippen LogP contribution in [0.3, 0.4) is 0 Å². The normalized spacial score (nSPS) is 13.5. The number of rotatable bonds is 5. The number of hydrogen-bond donors (Lipinski definition) is 2. The maximum absolute atomic E-state index is 13.2. The fraction of sp³-hybridized carbons (Fsp3) is 0.385. The molecule has 0 spiro atoms. The average molecular weight is 502 g/mol. The Kier molecular flexibility index (Phi) is 10.7. The van der Waals surface area contributed by atoms with E-state index >= 15 is 0 Å². The van der Waals surface area contributed by atoms with Crippen molar-refractivity contribution in [1.29, 1.82) is 0 Å². The number of aliphatic hydroxyl groups excluding tert-OH is 1. The van der Waals surface area contributed by atoms with Gasteiger partial charge in [0.2, 0.25) is 5.91 Å². The topological polar surface area (TPSA) is 120 Å². The number of benzene rings is 1. The van der Waals surface area contributed by atoms with Crippen molar-refractivity contribution < 1.29 is 28.6 Å². The molecular weight excluding hydrogens is 469 g/mol. The van der Waals surface area contributed by atoms with Crippen LogP contribution in [0.4, 0.5) is 4.39 Å². The van der Waals surface area contributed by atoms with Gasteiger partial charge in [-0.2, -0.15) is 0 Å². The summed E-state index contributed by atoms with van der Waals surface area (Å²) >= 11 is 0. The van der Waals surface area contributed by atoms with Crippen molar-refractivity contribution in [1.82, 2.24) is 14.9 Å². The molecule has 1 aliphatic rings. The molecule has 2 N–H and O–H groups in total. The third-order valence-electron chi connectivity index (χ3n) is 5.42. The molecule has 3 heterocycles. The highest BCUT2D eigenvalue weighted by atomic mass is 19.1. The number of pyridine rings is 2. The van der Waals surface area contributed by atoms with E-state index in [4.69, 9.17) is 4.74 Å². The summed E-state index contributed by atoms with van der Waals surface area (Å²) in [6, 6.07) is 6.13. The van der Waals surface area contributed by atoms with Crippen LogP contribution in [0.2, 0.25) is 0 Å². The lowest BCUT2D eigenvalue weighted by Gasteiger charge is -2.28. The van der Waals surface area contributed by atoms with E-state index < -0.39 is 12.2 Å². The first-order chi connectivity index (χ1) is 17.2. The summed E-state index contributed by atoms with van der Waals surface area (Å²) in [7, 11) is 3.28. The van der Waals surface area contributed by atoms with E-state index in [2.05, 4.69) is 15.0 Å². The van der Waals surface area contributed by atoms with Crippen molar-refractivity contribution in [2.45, 2.75) is 46.4 Å². The van der Waals surface area contributed by atoms with E-state index in [1.807, 2.05) is 13.8 Å². The minimum absolute atomic E-state index is 0.00463. The minimum atomic E-state index is -0.472. The molecule has 36 heavy (non-hydrogen) atoms. The molecule has 194 valence electrons. The molecule has 1 atom stereocenters. The van der Waals surface area contributed by atoms with Crippen LogP contribution < -0.4 is 15.6 Å². The standard InChI is InChI=1S/C20H17FN2O4.C3H7NO.C3H8O/c1-11-8-23-18-17(15(9-24)16(10-25)20(23)26)22-7-13(19(18)27-11)6-12-2-4-14(21)5-3-12;1-3(5)4-2;1-3-4-2/h2-5,7,10-11,24H,6,8-9H2,1H3;1-2H3,(H,4,5);3H2,1-2H3. The first-order valence-corrected chi connectivity index (χ1v) is 11.4. The molecule has 0 bridgehead atoms. The molecule has 3 aromatic rings. The number of halogens is 1. The highest BCUT2D eigenvalue weighted by molar-refractivity contribution is 5.92. The van der Waals surface area contributed by atoms with Crippen molar-refractivity contribution in [3.63, 3.8) is 0 Å². The van der Waals surface area contributed by atoms with E-state index in [-0.39, 0.29) is 35.5 Å². The van der Waals surface area contributed by atoms with Crippen LogP contribution in [-0.4, -0.2) is 53.7 Å². The summed E-state index contributed by atoms with van der Waals surface area (Å²) < 4.78 is 25.2. The van der Waals surface area contributed by atoms with Crippen LogP contribution in [0.5, 0.6) is 5.75 Å². The summed E-state index contributed by atoms with van der Waals surface area (Å²) in [6.07, 6.45) is 2.25. The number of hydrogen-bond acceptors (Lipinski definition) is 7. The van der Waals surface area contributed by atoms with Crippen LogP contribution in [0.15, 0.2) is 35.3 Å². The molecule has 4 rings (SSSR count). The van der Waals surface area contributed by atoms with Crippen LogP contribution in [0.25, 0.3) is 11.0 Å². The molecule has 2 aromatic heterocycles. The predicted octanol–water partition coefficient (Wildman–Crippen LogP) is 2.62. The summed E-state index contributed by atoms with van der Waals surface area (Å²) in [5, 5.41) is 12.1. The quantitative estimate of drug-likeness (QED) is 0.516. The van der Waals surface area contributed by atoms with Crippen LogP contribution in [0.1, 0.15) is 47.8 Å². The smallest absolute Gasteiger partial charge is 0.262 e. The minimum Gasteiger partial charge on any atom is -0.486 e. The number of nitrogens with zero attached hydrogens (tertiary/aromatic N) is 2. The van der Waals surface area contributed by atoms with Gasteiger partial charge in [0.25, 0.3) is 5.56 Å². The van der Waals surface area contributed by atoms with Gasteiger partial charge in [-0.25, -0.2) is 4.39 Å². The van der Waals surface area contributed by atoms with Gasteiger partial charge in [0.15, 0.2) is 12.0 Å². The number of aldehydes is 1. The Morgan fingerprint density at radius 1 is 1.36 bits per heavy atom. The number of aliphatic hydroxyl groups is 1. The van der Waals surface area contributed by atoms with Gasteiger partial charge in [-0.15, -0.1) is 0 Å². The molecule has 1 amide bonds. The van der Waals surface area contributed by atoms with Crippen LogP contribution >= 0.6 is 0 Å². The zero-order valence-corrected chi connectivity index (χ0v) is 21.1. The Balaban J connectivity index is 0.000000439. The lowest BCUT2D eigenvalue weighted by Crippen LogP contribution is -2.35. The third kappa shape index (κ3) is 6.73. The first kappa shape index (κ1) is 28.6. The zero-order valence-electron chi connectivity index (χ0n) is 21.1. The number of methoxy groups -OCH3 is 1. The zero-order chi connectivity index (χ0) is 26.8. The van der Waals surface area contributed by atoms with Crippen molar-refractivity contribution in [3.8, 4) is 5.75 Å². The molecule has 0 aliphatic carbocycles. The molecule has 1 aromatic carbocycles. The number of ether oxygens (including phenoxy) is 2. The fourth-order valence-corrected chi connectivity index (χ4v) is 3.53. The Hall–Kier alpha value is -3.63. The molecule has 0 saturated heterocycles. The molecule has 10 heteroatoms. The largest absolute Gasteiger partial charge is 0.486 e. The van der Waals surface area contributed by atoms with E-state index in [9.17, 15) is 23.9 Å². The third-order valence-corrected chi connectivity index (χ3v) is 5.42. The van der Waals surface area contributed by atoms with Gasteiger partial charge in [0, 0.05) is 51.4 Å². The molecule has 9 nitrogen and oxygen atoms in total. The summed E-state index contributed by atoms with van der Waals surface area (Å²) in [4.78, 5) is 38.3. The van der Waals surface area contributed by atoms with Crippen molar-refractivity contribution >= 4 is 23.2 Å². The molecule has 1 aliphatic heterocycles. The first-order valence-electron chi connectivity index (χ1n) is 11.4. The number of nitrogens with one attached hydrogen (secondary N) is 1. The van der Waals surface area contributed by atoms with Crippen molar-refractivity contribution in [3.05, 3.63) is 68.9 Å². The number of carbonyl (C=O) groups excluding carboxylic acids is 2. The van der Waals surface area contributed by atoms with Gasteiger partial charge >= 0.3 is 0 Å². The van der Waals surface area contributed by atoms with Crippen molar-refractivity contribution in [2.24, 2.45) is 0 Å². The lowest BCUT2D eigenvalue weighted by atomic mass is 10.0. The second-order valence-corrected chi connectivity index (χ2v) is 8.01. The Morgan fingerprint density at radius 3 is 2.47 bits per heavy atom. The predicted molar refractivity (Wildman–Crippen MR) is 134 cm³/mol. The summed E-state index contributed by atoms with van der Waals surface area (Å²) in [5.74, 6) is 0.196. The summed E-state index contributed by atoms with van der Waals surface area (Å²) in [5.41, 5.74) is 2.14. The summed E-state index contributed by atoms with van der Waals surface area (Å²) in [6.45, 7) is 5.90. The fourth-order valence-electron chi connectivity index (χ4n) is 3.53. The second kappa shape index (κ2) is 13.5. The molecule has 0 saturated carbocycles. The number of carbonyl (C=O) groups is 2. The van der Waals surface area contributed by atoms with Crippen molar-refractivity contribution in [2.75, 3.05) is 20.8 Å². The number of aromatic nitrogens is 2. The van der Waals surface area contributed by atoms with Gasteiger partial charge in [-0.3, -0.25) is 23.9 Å². The second-order valence-electron chi connectivity index (χ2n) is 8.01. The van der Waals surface area contributed by atoms with Gasteiger partial charge in [0.1, 0.15) is 17.4 Å². The molecule has 1 unspecified atom stereocenters. The van der Waals surface area contributed by atoms with E-state index in [1.54, 1.807) is 32.5 Å². The van der Waals surface area contributed by atoms with E-state index in [0.717, 1.165) is 17.7 Å². The maximum Gasteiger partial charge on any atom is 0.262 e. The number of amides is 1. The monoisotopic (exact) mass is 501 g/mol. The molecule has 0 radical (unpaired) electrons. The Labute approximate surface area is 208 Å². The Morgan fingerprint density at radius 2 is 1.97 bits per heavy atom. The lowest BCUT2D eigenvalue weighted by molar-refractivity contribution is -0.118. The van der Waals surface area contributed by atoms with Gasteiger partial charge in [-0.05, 0) is 31.5 Å².